The largest absolute Gasteiger partial charge is 0.458 e. The number of hydrogen-bond acceptors (Lipinski definition) is 11. The van der Waals surface area contributed by atoms with Crippen LogP contribution in [0.25, 0.3) is 0 Å². The van der Waals surface area contributed by atoms with Crippen molar-refractivity contribution < 1.29 is 47.9 Å². The van der Waals surface area contributed by atoms with Crippen molar-refractivity contribution in [2.24, 2.45) is 17.8 Å². The summed E-state index contributed by atoms with van der Waals surface area (Å²) in [5.41, 5.74) is -1.68. The standard InChI is InChI=1S/C33H54N2O10/c1-11-24-33(8)28(34-31(39)45-33)21(6)26(36)18(3)14-32(7)25(44-30-27(37)22(35(9)10)12-19(4)42-30)13-23(20(5)29(38)43-24)40-15-17(2)16-41-32/h18-25,27-28,30,37H,2,11-16H2,1,3-10H3,(H,34,39)/t18-,19-,20-,21+,22+,23-,24-,25-,27-,28?,30?,32+,33?/m1/s1. The van der Waals surface area contributed by atoms with Gasteiger partial charge in [-0.25, -0.2) is 4.79 Å². The first kappa shape index (κ1) is 35.8. The molecule has 4 fully saturated rings. The van der Waals surface area contributed by atoms with Crippen molar-refractivity contribution in [2.75, 3.05) is 27.3 Å². The minimum atomic E-state index is -1.27. The normalized spacial score (nSPS) is 45.4. The Morgan fingerprint density at radius 1 is 1.07 bits per heavy atom. The van der Waals surface area contributed by atoms with Gasteiger partial charge in [-0.2, -0.15) is 0 Å². The molecule has 0 aliphatic carbocycles. The molecule has 4 aliphatic rings. The summed E-state index contributed by atoms with van der Waals surface area (Å²) in [6.07, 6.45) is -3.61. The molecule has 0 aromatic heterocycles. The fourth-order valence-corrected chi connectivity index (χ4v) is 7.49. The molecule has 0 spiro atoms. The van der Waals surface area contributed by atoms with E-state index in [9.17, 15) is 19.5 Å². The molecule has 0 saturated carbocycles. The van der Waals surface area contributed by atoms with Crippen LogP contribution in [0.1, 0.15) is 74.1 Å². The highest BCUT2D eigenvalue weighted by Gasteiger charge is 2.57. The molecule has 256 valence electrons. The SMILES string of the molecule is C=C1CO[C@@H]2C[C@@H](OC3O[C@H](C)C[C@H](N(C)C)[C@H]3O)[C@](C)(C[C@@H](C)C(=O)[C@H](C)C3NC(=O)OC3(C)[C@@H](CC)OC(=O)[C@@H]2C)OC1. The molecule has 0 aromatic carbocycles. The molecule has 12 heteroatoms. The number of hydrogen-bond donors (Lipinski definition) is 2. The molecule has 1 amide bonds. The Morgan fingerprint density at radius 2 is 1.76 bits per heavy atom. The zero-order valence-electron chi connectivity index (χ0n) is 28.4. The average molecular weight is 639 g/mol. The van der Waals surface area contributed by atoms with E-state index in [1.165, 1.54) is 0 Å². The van der Waals surface area contributed by atoms with E-state index in [-0.39, 0.29) is 44.0 Å². The van der Waals surface area contributed by atoms with Gasteiger partial charge in [0.25, 0.3) is 0 Å². The van der Waals surface area contributed by atoms with Gasteiger partial charge in [-0.3, -0.25) is 9.59 Å². The second-order valence-electron chi connectivity index (χ2n) is 14.2. The highest BCUT2D eigenvalue weighted by Crippen LogP contribution is 2.40. The van der Waals surface area contributed by atoms with Crippen LogP contribution in [0.5, 0.6) is 0 Å². The van der Waals surface area contributed by atoms with E-state index in [1.54, 1.807) is 20.8 Å². The number of carbonyl (C=O) groups excluding carboxylic acids is 3. The maximum atomic E-state index is 14.1. The number of nitrogens with zero attached hydrogens (tertiary/aromatic N) is 1. The predicted octanol–water partition coefficient (Wildman–Crippen LogP) is 2.99. The van der Waals surface area contributed by atoms with Crippen LogP contribution in [0.3, 0.4) is 0 Å². The summed E-state index contributed by atoms with van der Waals surface area (Å²) in [6.45, 7) is 17.1. The molecular formula is C33H54N2O10. The second kappa shape index (κ2) is 13.9. The van der Waals surface area contributed by atoms with Crippen molar-refractivity contribution >= 4 is 17.8 Å². The van der Waals surface area contributed by atoms with Gasteiger partial charge in [0.15, 0.2) is 11.9 Å². The highest BCUT2D eigenvalue weighted by atomic mass is 16.7. The second-order valence-corrected chi connectivity index (χ2v) is 14.2. The number of carbonyl (C=O) groups is 3. The minimum Gasteiger partial charge on any atom is -0.458 e. The van der Waals surface area contributed by atoms with Crippen molar-refractivity contribution in [3.63, 3.8) is 0 Å². The molecule has 45 heavy (non-hydrogen) atoms. The number of Topliss-reactive ketones (excluding diaryl/α,β-unsaturated/α-hetero) is 1. The highest BCUT2D eigenvalue weighted by molar-refractivity contribution is 5.85. The average Bonchev–Trinajstić information content (AvgIpc) is 3.31. The summed E-state index contributed by atoms with van der Waals surface area (Å²) in [6, 6.07) is -0.931. The van der Waals surface area contributed by atoms with Crippen molar-refractivity contribution in [3.05, 3.63) is 12.2 Å². The lowest BCUT2D eigenvalue weighted by molar-refractivity contribution is -0.294. The van der Waals surface area contributed by atoms with E-state index < -0.39 is 77.8 Å². The Hall–Kier alpha value is -2.09. The Labute approximate surface area is 267 Å². The van der Waals surface area contributed by atoms with E-state index in [1.807, 2.05) is 46.7 Å². The number of aliphatic hydroxyl groups is 1. The third-order valence-electron chi connectivity index (χ3n) is 10.4. The maximum absolute atomic E-state index is 14.1. The van der Waals surface area contributed by atoms with Crippen molar-refractivity contribution in [2.45, 2.75) is 134 Å². The van der Waals surface area contributed by atoms with Crippen LogP contribution in [-0.2, 0) is 38.0 Å². The van der Waals surface area contributed by atoms with Crippen LogP contribution in [0.2, 0.25) is 0 Å². The Balaban J connectivity index is 1.79. The number of amides is 1. The Bertz CT molecular complexity index is 1120. The van der Waals surface area contributed by atoms with Gasteiger partial charge < -0.3 is 43.7 Å². The molecule has 4 rings (SSSR count). The Kier molecular flexibility index (Phi) is 11.1. The molecule has 4 aliphatic heterocycles. The molecule has 12 nitrogen and oxygen atoms in total. The number of rotatable bonds is 4. The molecule has 4 heterocycles. The zero-order chi connectivity index (χ0) is 33.4. The molecule has 0 radical (unpaired) electrons. The van der Waals surface area contributed by atoms with Gasteiger partial charge in [0.1, 0.15) is 18.0 Å². The summed E-state index contributed by atoms with van der Waals surface area (Å²) in [7, 11) is 3.81. The van der Waals surface area contributed by atoms with E-state index in [0.29, 0.717) is 18.4 Å². The van der Waals surface area contributed by atoms with E-state index >= 15 is 0 Å². The number of nitrogens with one attached hydrogen (secondary N) is 1. The van der Waals surface area contributed by atoms with Gasteiger partial charge >= 0.3 is 12.1 Å². The van der Waals surface area contributed by atoms with Crippen molar-refractivity contribution in [1.29, 1.82) is 0 Å². The topological polar surface area (TPSA) is 142 Å². The first-order valence-corrected chi connectivity index (χ1v) is 16.3. The molecule has 2 N–H and O–H groups in total. The van der Waals surface area contributed by atoms with Crippen LogP contribution in [0.4, 0.5) is 4.79 Å². The predicted molar refractivity (Wildman–Crippen MR) is 164 cm³/mol. The van der Waals surface area contributed by atoms with Crippen LogP contribution in [-0.4, -0.2) is 115 Å². The number of ketones is 1. The number of cyclic esters (lactones) is 1. The van der Waals surface area contributed by atoms with Crippen LogP contribution < -0.4 is 5.32 Å². The molecule has 0 aromatic rings. The van der Waals surface area contributed by atoms with Gasteiger partial charge in [-0.15, -0.1) is 0 Å². The smallest absolute Gasteiger partial charge is 0.408 e. The van der Waals surface area contributed by atoms with E-state index in [4.69, 9.17) is 28.4 Å². The van der Waals surface area contributed by atoms with E-state index in [2.05, 4.69) is 11.9 Å². The number of ether oxygens (including phenoxy) is 6. The first-order valence-electron chi connectivity index (χ1n) is 16.3. The first-order chi connectivity index (χ1) is 21.0. The third-order valence-corrected chi connectivity index (χ3v) is 10.4. The summed E-state index contributed by atoms with van der Waals surface area (Å²) < 4.78 is 37.5. The molecule has 2 bridgehead atoms. The van der Waals surface area contributed by atoms with E-state index in [0.717, 1.165) is 0 Å². The van der Waals surface area contributed by atoms with Crippen molar-refractivity contribution in [3.8, 4) is 0 Å². The number of esters is 1. The molecule has 3 unspecified atom stereocenters. The molecule has 4 saturated heterocycles. The van der Waals surface area contributed by atoms with Gasteiger partial charge in [0.2, 0.25) is 0 Å². The summed E-state index contributed by atoms with van der Waals surface area (Å²) in [5.74, 6) is -2.58. The summed E-state index contributed by atoms with van der Waals surface area (Å²) >= 11 is 0. The molecule has 13 atom stereocenters. The number of fused-ring (bicyclic) bond motifs is 4. The Morgan fingerprint density at radius 3 is 2.40 bits per heavy atom. The fraction of sp³-hybridized carbons (Fsp3) is 0.848. The monoisotopic (exact) mass is 638 g/mol. The fourth-order valence-electron chi connectivity index (χ4n) is 7.49. The maximum Gasteiger partial charge on any atom is 0.408 e. The van der Waals surface area contributed by atoms with Gasteiger partial charge in [0, 0.05) is 24.3 Å². The van der Waals surface area contributed by atoms with Crippen LogP contribution >= 0.6 is 0 Å². The third kappa shape index (κ3) is 7.41. The van der Waals surface area contributed by atoms with Gasteiger partial charge in [-0.05, 0) is 66.6 Å². The molecular weight excluding hydrogens is 584 g/mol. The lowest BCUT2D eigenvalue weighted by Crippen LogP contribution is -2.59. The number of aliphatic hydroxyl groups excluding tert-OH is 1. The minimum absolute atomic E-state index is 0.103. The lowest BCUT2D eigenvalue weighted by atomic mass is 9.75. The van der Waals surface area contributed by atoms with Gasteiger partial charge in [0.05, 0.1) is 49.1 Å². The van der Waals surface area contributed by atoms with Crippen LogP contribution in [0, 0.1) is 17.8 Å². The quantitative estimate of drug-likeness (QED) is 0.347. The number of alkyl carbamates (subject to hydrolysis) is 1. The number of likely N-dealkylation sites (N-methyl/N-ethyl adjacent to an activating group) is 1. The summed E-state index contributed by atoms with van der Waals surface area (Å²) in [4.78, 5) is 42.5. The van der Waals surface area contributed by atoms with Crippen molar-refractivity contribution in [1.82, 2.24) is 10.2 Å². The summed E-state index contributed by atoms with van der Waals surface area (Å²) in [5, 5.41) is 14.2. The van der Waals surface area contributed by atoms with Crippen LogP contribution in [0.15, 0.2) is 12.2 Å². The zero-order valence-corrected chi connectivity index (χ0v) is 28.4. The van der Waals surface area contributed by atoms with Gasteiger partial charge in [-0.1, -0.05) is 27.4 Å². The lowest BCUT2D eigenvalue weighted by Gasteiger charge is -2.46.